The third-order valence-electron chi connectivity index (χ3n) is 4.12. The summed E-state index contributed by atoms with van der Waals surface area (Å²) in [6.45, 7) is 0.456. The predicted octanol–water partition coefficient (Wildman–Crippen LogP) is 2.68. The van der Waals surface area contributed by atoms with Crippen LogP contribution in [0.4, 0.5) is 0 Å². The molecule has 6 heteroatoms. The smallest absolute Gasteiger partial charge is 0.232 e. The summed E-state index contributed by atoms with van der Waals surface area (Å²) in [5.74, 6) is 1.12. The van der Waals surface area contributed by atoms with E-state index in [1.54, 1.807) is 36.9 Å². The van der Waals surface area contributed by atoms with Crippen molar-refractivity contribution >= 4 is 5.91 Å². The first-order chi connectivity index (χ1) is 11.3. The van der Waals surface area contributed by atoms with Crippen LogP contribution in [0.25, 0.3) is 11.5 Å². The standard InChI is InChI=1S/C17H15N3O3/c21-16(19-11-12-3-1-7-18-10-12)17(5-6-17)15-9-14(23-20-15)13-4-2-8-22-13/h1-4,7-10H,5-6,11H2,(H,19,21). The van der Waals surface area contributed by atoms with E-state index < -0.39 is 5.41 Å². The summed E-state index contributed by atoms with van der Waals surface area (Å²) < 4.78 is 10.6. The molecule has 1 aliphatic carbocycles. The van der Waals surface area contributed by atoms with Crippen LogP contribution in [-0.4, -0.2) is 16.0 Å². The van der Waals surface area contributed by atoms with Crippen LogP contribution in [0.5, 0.6) is 0 Å². The van der Waals surface area contributed by atoms with Gasteiger partial charge < -0.3 is 14.3 Å². The van der Waals surface area contributed by atoms with Gasteiger partial charge in [0.15, 0.2) is 5.76 Å². The number of carbonyl (C=O) groups excluding carboxylic acids is 1. The zero-order valence-corrected chi connectivity index (χ0v) is 12.4. The lowest BCUT2D eigenvalue weighted by Crippen LogP contribution is -2.34. The number of carbonyl (C=O) groups is 1. The summed E-state index contributed by atoms with van der Waals surface area (Å²) in [5, 5.41) is 7.03. The van der Waals surface area contributed by atoms with E-state index in [-0.39, 0.29) is 5.91 Å². The van der Waals surface area contributed by atoms with E-state index >= 15 is 0 Å². The lowest BCUT2D eigenvalue weighted by molar-refractivity contribution is -0.123. The third kappa shape index (κ3) is 2.52. The Bertz CT molecular complexity index is 805. The van der Waals surface area contributed by atoms with Gasteiger partial charge in [-0.05, 0) is 36.6 Å². The Morgan fingerprint density at radius 3 is 2.87 bits per heavy atom. The fraction of sp³-hybridized carbons (Fsp3) is 0.235. The Morgan fingerprint density at radius 2 is 2.17 bits per heavy atom. The fourth-order valence-corrected chi connectivity index (χ4v) is 2.61. The van der Waals surface area contributed by atoms with Crippen LogP contribution in [0.1, 0.15) is 24.1 Å². The summed E-state index contributed by atoms with van der Waals surface area (Å²) in [4.78, 5) is 16.6. The van der Waals surface area contributed by atoms with Gasteiger partial charge in [-0.2, -0.15) is 0 Å². The Balaban J connectivity index is 1.48. The van der Waals surface area contributed by atoms with E-state index in [2.05, 4.69) is 15.5 Å². The maximum absolute atomic E-state index is 12.6. The molecule has 3 heterocycles. The van der Waals surface area contributed by atoms with Gasteiger partial charge in [-0.3, -0.25) is 9.78 Å². The molecule has 0 radical (unpaired) electrons. The Labute approximate surface area is 132 Å². The highest BCUT2D eigenvalue weighted by Crippen LogP contribution is 2.48. The number of aromatic nitrogens is 2. The molecule has 1 N–H and O–H groups in total. The van der Waals surface area contributed by atoms with Crippen LogP contribution in [0.3, 0.4) is 0 Å². The van der Waals surface area contributed by atoms with Gasteiger partial charge in [-0.25, -0.2) is 0 Å². The van der Waals surface area contributed by atoms with Gasteiger partial charge in [0.2, 0.25) is 11.7 Å². The van der Waals surface area contributed by atoms with Crippen LogP contribution in [0, 0.1) is 0 Å². The topological polar surface area (TPSA) is 81.2 Å². The highest BCUT2D eigenvalue weighted by Gasteiger charge is 2.53. The highest BCUT2D eigenvalue weighted by atomic mass is 16.5. The van der Waals surface area contributed by atoms with Crippen LogP contribution < -0.4 is 5.32 Å². The second-order valence-corrected chi connectivity index (χ2v) is 5.68. The Hall–Kier alpha value is -2.89. The molecule has 0 saturated heterocycles. The largest absolute Gasteiger partial charge is 0.461 e. The first-order valence-corrected chi connectivity index (χ1v) is 7.46. The molecule has 0 atom stereocenters. The van der Waals surface area contributed by atoms with Gasteiger partial charge in [0.1, 0.15) is 0 Å². The first-order valence-electron chi connectivity index (χ1n) is 7.46. The van der Waals surface area contributed by atoms with Crippen molar-refractivity contribution < 1.29 is 13.7 Å². The SMILES string of the molecule is O=C(NCc1cccnc1)C1(c2cc(-c3ccco3)on2)CC1. The molecule has 0 unspecified atom stereocenters. The number of rotatable bonds is 5. The number of nitrogens with zero attached hydrogens (tertiary/aromatic N) is 2. The van der Waals surface area contributed by atoms with E-state index in [1.807, 2.05) is 12.1 Å². The molecule has 4 rings (SSSR count). The van der Waals surface area contributed by atoms with Crippen molar-refractivity contribution in [3.05, 3.63) is 60.2 Å². The van der Waals surface area contributed by atoms with Gasteiger partial charge in [0.05, 0.1) is 17.4 Å². The van der Waals surface area contributed by atoms with Crippen molar-refractivity contribution in [3.63, 3.8) is 0 Å². The van der Waals surface area contributed by atoms with Crippen LogP contribution in [-0.2, 0) is 16.8 Å². The van der Waals surface area contributed by atoms with Gasteiger partial charge in [0, 0.05) is 25.0 Å². The quantitative estimate of drug-likeness (QED) is 0.783. The van der Waals surface area contributed by atoms with Crippen LogP contribution >= 0.6 is 0 Å². The molecule has 3 aromatic rings. The number of pyridine rings is 1. The number of hydrogen-bond donors (Lipinski definition) is 1. The second kappa shape index (κ2) is 5.39. The number of furan rings is 1. The van der Waals surface area contributed by atoms with E-state index in [1.165, 1.54) is 0 Å². The molecule has 0 aliphatic heterocycles. The van der Waals surface area contributed by atoms with E-state index in [4.69, 9.17) is 8.94 Å². The van der Waals surface area contributed by atoms with Crippen LogP contribution in [0.2, 0.25) is 0 Å². The average Bonchev–Trinajstić information content (AvgIpc) is 3.02. The summed E-state index contributed by atoms with van der Waals surface area (Å²) >= 11 is 0. The van der Waals surface area contributed by atoms with Gasteiger partial charge in [0.25, 0.3) is 0 Å². The van der Waals surface area contributed by atoms with Crippen molar-refractivity contribution in [1.29, 1.82) is 0 Å². The summed E-state index contributed by atoms with van der Waals surface area (Å²) in [7, 11) is 0. The molecule has 116 valence electrons. The molecule has 23 heavy (non-hydrogen) atoms. The number of hydrogen-bond acceptors (Lipinski definition) is 5. The van der Waals surface area contributed by atoms with E-state index in [0.29, 0.717) is 23.8 Å². The van der Waals surface area contributed by atoms with Crippen molar-refractivity contribution in [2.24, 2.45) is 0 Å². The molecule has 0 spiro atoms. The van der Waals surface area contributed by atoms with Crippen molar-refractivity contribution in [3.8, 4) is 11.5 Å². The molecule has 6 nitrogen and oxygen atoms in total. The minimum atomic E-state index is -0.573. The molecule has 0 aromatic carbocycles. The molecule has 1 amide bonds. The summed E-state index contributed by atoms with van der Waals surface area (Å²) in [6.07, 6.45) is 6.57. The summed E-state index contributed by atoms with van der Waals surface area (Å²) in [5.41, 5.74) is 1.05. The normalized spacial score (nSPS) is 15.3. The number of nitrogens with one attached hydrogen (secondary N) is 1. The fourth-order valence-electron chi connectivity index (χ4n) is 2.61. The monoisotopic (exact) mass is 309 g/mol. The van der Waals surface area contributed by atoms with Crippen molar-refractivity contribution in [2.45, 2.75) is 24.8 Å². The zero-order valence-electron chi connectivity index (χ0n) is 12.4. The molecular formula is C17H15N3O3. The zero-order chi connectivity index (χ0) is 15.7. The minimum absolute atomic E-state index is 0.0272. The van der Waals surface area contributed by atoms with Crippen molar-refractivity contribution in [2.75, 3.05) is 0 Å². The molecule has 1 fully saturated rings. The van der Waals surface area contributed by atoms with E-state index in [9.17, 15) is 4.79 Å². The summed E-state index contributed by atoms with van der Waals surface area (Å²) in [6, 6.07) is 9.15. The molecule has 1 aliphatic rings. The maximum Gasteiger partial charge on any atom is 0.232 e. The molecule has 0 bridgehead atoms. The lowest BCUT2D eigenvalue weighted by atomic mass is 10.0. The predicted molar refractivity (Wildman–Crippen MR) is 81.2 cm³/mol. The highest BCUT2D eigenvalue weighted by molar-refractivity contribution is 5.90. The van der Waals surface area contributed by atoms with Crippen molar-refractivity contribution in [1.82, 2.24) is 15.5 Å². The first kappa shape index (κ1) is 13.8. The van der Waals surface area contributed by atoms with Gasteiger partial charge in [-0.1, -0.05) is 11.2 Å². The third-order valence-corrected chi connectivity index (χ3v) is 4.12. The average molecular weight is 309 g/mol. The van der Waals surface area contributed by atoms with Crippen LogP contribution in [0.15, 0.2) is 57.9 Å². The second-order valence-electron chi connectivity index (χ2n) is 5.68. The Morgan fingerprint density at radius 1 is 1.26 bits per heavy atom. The minimum Gasteiger partial charge on any atom is -0.461 e. The van der Waals surface area contributed by atoms with Gasteiger partial charge in [-0.15, -0.1) is 0 Å². The maximum atomic E-state index is 12.6. The molecule has 1 saturated carbocycles. The molecular weight excluding hydrogens is 294 g/mol. The Kier molecular flexibility index (Phi) is 3.22. The van der Waals surface area contributed by atoms with E-state index in [0.717, 1.165) is 18.4 Å². The lowest BCUT2D eigenvalue weighted by Gasteiger charge is -2.12. The van der Waals surface area contributed by atoms with Gasteiger partial charge >= 0.3 is 0 Å². The molecule has 3 aromatic heterocycles. The number of amides is 1.